The standard InChI is InChI=1S/C23H24N2O3/c24-23(26)20-6-4-5-19(17-20)18-9-11-22(12-10-18)28-16-14-25-13-15-27-21-7-2-1-3-8-21/h1-12,17,25H,13-16H2,(H2,24,26). The van der Waals surface area contributed by atoms with E-state index in [4.69, 9.17) is 15.2 Å². The van der Waals surface area contributed by atoms with Crippen LogP contribution in [0.15, 0.2) is 78.9 Å². The molecule has 3 rings (SSSR count). The van der Waals surface area contributed by atoms with Gasteiger partial charge in [-0.05, 0) is 47.5 Å². The first-order chi connectivity index (χ1) is 13.7. The summed E-state index contributed by atoms with van der Waals surface area (Å²) >= 11 is 0. The molecule has 0 radical (unpaired) electrons. The lowest BCUT2D eigenvalue weighted by Gasteiger charge is -2.10. The molecule has 0 fully saturated rings. The van der Waals surface area contributed by atoms with Gasteiger partial charge in [-0.1, -0.05) is 42.5 Å². The van der Waals surface area contributed by atoms with Crippen molar-refractivity contribution >= 4 is 5.91 Å². The van der Waals surface area contributed by atoms with Gasteiger partial charge < -0.3 is 20.5 Å². The van der Waals surface area contributed by atoms with Crippen LogP contribution in [-0.2, 0) is 0 Å². The van der Waals surface area contributed by atoms with Crippen LogP contribution in [0, 0.1) is 0 Å². The van der Waals surface area contributed by atoms with Crippen molar-refractivity contribution in [2.75, 3.05) is 26.3 Å². The maximum absolute atomic E-state index is 11.3. The fraction of sp³-hybridized carbons (Fsp3) is 0.174. The van der Waals surface area contributed by atoms with E-state index in [2.05, 4.69) is 5.32 Å². The van der Waals surface area contributed by atoms with E-state index < -0.39 is 5.91 Å². The molecule has 0 saturated heterocycles. The zero-order valence-electron chi connectivity index (χ0n) is 15.6. The normalized spacial score (nSPS) is 10.4. The monoisotopic (exact) mass is 376 g/mol. The van der Waals surface area contributed by atoms with Gasteiger partial charge in [0, 0.05) is 18.7 Å². The van der Waals surface area contributed by atoms with Crippen molar-refractivity contribution in [1.29, 1.82) is 0 Å². The van der Waals surface area contributed by atoms with Crippen LogP contribution in [0.3, 0.4) is 0 Å². The van der Waals surface area contributed by atoms with Gasteiger partial charge in [0.25, 0.3) is 0 Å². The van der Waals surface area contributed by atoms with E-state index in [0.717, 1.165) is 35.7 Å². The van der Waals surface area contributed by atoms with Gasteiger partial charge >= 0.3 is 0 Å². The number of nitrogens with two attached hydrogens (primary N) is 1. The average molecular weight is 376 g/mol. The summed E-state index contributed by atoms with van der Waals surface area (Å²) < 4.78 is 11.4. The first kappa shape index (κ1) is 19.5. The van der Waals surface area contributed by atoms with Crippen LogP contribution in [0.5, 0.6) is 11.5 Å². The van der Waals surface area contributed by atoms with Crippen LogP contribution >= 0.6 is 0 Å². The lowest BCUT2D eigenvalue weighted by atomic mass is 10.0. The average Bonchev–Trinajstić information content (AvgIpc) is 2.74. The molecule has 0 atom stereocenters. The molecule has 0 saturated carbocycles. The molecule has 0 aromatic heterocycles. The summed E-state index contributed by atoms with van der Waals surface area (Å²) in [6.07, 6.45) is 0. The van der Waals surface area contributed by atoms with Gasteiger partial charge in [-0.2, -0.15) is 0 Å². The minimum Gasteiger partial charge on any atom is -0.492 e. The minimum atomic E-state index is -0.427. The summed E-state index contributed by atoms with van der Waals surface area (Å²) in [4.78, 5) is 11.3. The summed E-state index contributed by atoms with van der Waals surface area (Å²) in [5, 5.41) is 3.29. The van der Waals surface area contributed by atoms with Crippen molar-refractivity contribution in [3.05, 3.63) is 84.4 Å². The molecule has 144 valence electrons. The number of hydrogen-bond donors (Lipinski definition) is 2. The van der Waals surface area contributed by atoms with E-state index in [0.29, 0.717) is 18.8 Å². The summed E-state index contributed by atoms with van der Waals surface area (Å²) in [7, 11) is 0. The molecule has 0 spiro atoms. The Hall–Kier alpha value is -3.31. The van der Waals surface area contributed by atoms with Gasteiger partial charge in [-0.25, -0.2) is 0 Å². The number of nitrogens with one attached hydrogen (secondary N) is 1. The topological polar surface area (TPSA) is 73.6 Å². The summed E-state index contributed by atoms with van der Waals surface area (Å²) in [6.45, 7) is 2.68. The largest absolute Gasteiger partial charge is 0.492 e. The third-order valence-electron chi connectivity index (χ3n) is 4.17. The quantitative estimate of drug-likeness (QED) is 0.531. The number of carbonyl (C=O) groups is 1. The van der Waals surface area contributed by atoms with Crippen LogP contribution in [0.4, 0.5) is 0 Å². The Balaban J connectivity index is 1.38. The highest BCUT2D eigenvalue weighted by molar-refractivity contribution is 5.94. The van der Waals surface area contributed by atoms with Crippen molar-refractivity contribution in [3.8, 4) is 22.6 Å². The predicted molar refractivity (Wildman–Crippen MR) is 111 cm³/mol. The maximum atomic E-state index is 11.3. The molecule has 0 aliphatic heterocycles. The molecule has 28 heavy (non-hydrogen) atoms. The summed E-state index contributed by atoms with van der Waals surface area (Å²) in [6, 6.07) is 24.8. The third-order valence-corrected chi connectivity index (χ3v) is 4.17. The molecular formula is C23H24N2O3. The third kappa shape index (κ3) is 5.86. The Morgan fingerprint density at radius 1 is 0.750 bits per heavy atom. The fourth-order valence-corrected chi connectivity index (χ4v) is 2.72. The lowest BCUT2D eigenvalue weighted by Crippen LogP contribution is -2.25. The molecule has 0 aliphatic carbocycles. The SMILES string of the molecule is NC(=O)c1cccc(-c2ccc(OCCNCCOc3ccccc3)cc2)c1. The minimum absolute atomic E-state index is 0.427. The van der Waals surface area contributed by atoms with Gasteiger partial charge in [0.05, 0.1) is 0 Å². The Kier molecular flexibility index (Phi) is 7.04. The Labute approximate surface area is 165 Å². The number of ether oxygens (including phenoxy) is 2. The fourth-order valence-electron chi connectivity index (χ4n) is 2.72. The molecule has 3 aromatic carbocycles. The molecule has 0 heterocycles. The number of carbonyl (C=O) groups excluding carboxylic acids is 1. The van der Waals surface area contributed by atoms with Gasteiger partial charge in [0.2, 0.25) is 5.91 Å². The molecule has 5 nitrogen and oxygen atoms in total. The highest BCUT2D eigenvalue weighted by atomic mass is 16.5. The highest BCUT2D eigenvalue weighted by Crippen LogP contribution is 2.23. The molecule has 1 amide bonds. The Morgan fingerprint density at radius 3 is 2.04 bits per heavy atom. The smallest absolute Gasteiger partial charge is 0.248 e. The Morgan fingerprint density at radius 2 is 1.39 bits per heavy atom. The first-order valence-electron chi connectivity index (χ1n) is 9.24. The predicted octanol–water partition coefficient (Wildman–Crippen LogP) is 3.50. The summed E-state index contributed by atoms with van der Waals surface area (Å²) in [5.41, 5.74) is 7.79. The number of benzene rings is 3. The molecule has 0 aliphatic rings. The maximum Gasteiger partial charge on any atom is 0.248 e. The van der Waals surface area contributed by atoms with Crippen molar-refractivity contribution < 1.29 is 14.3 Å². The molecule has 3 N–H and O–H groups in total. The summed E-state index contributed by atoms with van der Waals surface area (Å²) in [5.74, 6) is 1.25. The Bertz CT molecular complexity index is 880. The molecular weight excluding hydrogens is 352 g/mol. The second-order valence-electron chi connectivity index (χ2n) is 6.23. The van der Waals surface area contributed by atoms with E-state index in [9.17, 15) is 4.79 Å². The lowest BCUT2D eigenvalue weighted by molar-refractivity contribution is 0.100. The van der Waals surface area contributed by atoms with Gasteiger partial charge in [0.1, 0.15) is 24.7 Å². The number of rotatable bonds is 10. The zero-order chi connectivity index (χ0) is 19.6. The van der Waals surface area contributed by atoms with Gasteiger partial charge in [-0.15, -0.1) is 0 Å². The molecule has 5 heteroatoms. The van der Waals surface area contributed by atoms with E-state index in [1.807, 2.05) is 66.7 Å². The van der Waals surface area contributed by atoms with Crippen molar-refractivity contribution in [2.24, 2.45) is 5.73 Å². The van der Waals surface area contributed by atoms with Crippen molar-refractivity contribution in [2.45, 2.75) is 0 Å². The van der Waals surface area contributed by atoms with Crippen LogP contribution in [0.25, 0.3) is 11.1 Å². The van der Waals surface area contributed by atoms with Crippen molar-refractivity contribution in [1.82, 2.24) is 5.32 Å². The van der Waals surface area contributed by atoms with E-state index in [1.54, 1.807) is 12.1 Å². The molecule has 0 bridgehead atoms. The van der Waals surface area contributed by atoms with Crippen LogP contribution < -0.4 is 20.5 Å². The van der Waals surface area contributed by atoms with Gasteiger partial charge in [0.15, 0.2) is 0 Å². The van der Waals surface area contributed by atoms with Crippen LogP contribution in [0.1, 0.15) is 10.4 Å². The van der Waals surface area contributed by atoms with Crippen molar-refractivity contribution in [3.63, 3.8) is 0 Å². The number of amides is 1. The second kappa shape index (κ2) is 10.1. The van der Waals surface area contributed by atoms with E-state index in [1.165, 1.54) is 0 Å². The molecule has 3 aromatic rings. The van der Waals surface area contributed by atoms with Gasteiger partial charge in [-0.3, -0.25) is 4.79 Å². The first-order valence-corrected chi connectivity index (χ1v) is 9.24. The van der Waals surface area contributed by atoms with Crippen LogP contribution in [0.2, 0.25) is 0 Å². The number of para-hydroxylation sites is 1. The van der Waals surface area contributed by atoms with E-state index >= 15 is 0 Å². The number of primary amides is 1. The zero-order valence-corrected chi connectivity index (χ0v) is 15.6. The second-order valence-corrected chi connectivity index (χ2v) is 6.23. The van der Waals surface area contributed by atoms with E-state index in [-0.39, 0.29) is 0 Å². The van der Waals surface area contributed by atoms with Crippen LogP contribution in [-0.4, -0.2) is 32.2 Å². The highest BCUT2D eigenvalue weighted by Gasteiger charge is 2.04. The molecule has 0 unspecified atom stereocenters. The number of hydrogen-bond acceptors (Lipinski definition) is 4.